The van der Waals surface area contributed by atoms with E-state index >= 15 is 0 Å². The molecule has 1 aliphatic rings. The van der Waals surface area contributed by atoms with Gasteiger partial charge in [0.15, 0.2) is 5.75 Å². The number of anilines is 1. The average Bonchev–Trinajstić information content (AvgIpc) is 3.12. The summed E-state index contributed by atoms with van der Waals surface area (Å²) in [6.45, 7) is 1.97. The topological polar surface area (TPSA) is 149 Å². The molecule has 2 aromatic heterocycles. The van der Waals surface area contributed by atoms with E-state index in [4.69, 9.17) is 33.7 Å². The van der Waals surface area contributed by atoms with E-state index in [0.29, 0.717) is 28.5 Å². The standard InChI is InChI=1S/C17H16B2Cl2N6O4/c1-4-2-3-5-6(4)14(28)24-25-16(5)31-12-9(20)7(18)11(8(19)10(12)21)27-17(30)23-15(29)13(22)26-27/h4H,2-3,18-19H2,1H3,(H2,22,26)(H,24,28)(H,23,29,30). The zero-order chi connectivity index (χ0) is 22.6. The first kappa shape index (κ1) is 21.3. The number of hydrogen-bond acceptors (Lipinski definition) is 7. The highest BCUT2D eigenvalue weighted by molar-refractivity contribution is 6.55. The number of nitrogen functional groups attached to an aromatic ring is 1. The minimum Gasteiger partial charge on any atom is -0.434 e. The molecule has 158 valence electrons. The molecule has 1 atom stereocenters. The van der Waals surface area contributed by atoms with E-state index in [1.54, 1.807) is 15.7 Å². The maximum absolute atomic E-state index is 12.3. The van der Waals surface area contributed by atoms with Crippen LogP contribution >= 0.6 is 23.2 Å². The van der Waals surface area contributed by atoms with Crippen LogP contribution in [0.1, 0.15) is 30.4 Å². The van der Waals surface area contributed by atoms with Crippen LogP contribution in [-0.2, 0) is 6.42 Å². The van der Waals surface area contributed by atoms with Crippen LogP contribution in [0.4, 0.5) is 5.82 Å². The van der Waals surface area contributed by atoms with E-state index in [1.165, 1.54) is 0 Å². The number of nitrogens with one attached hydrogen (secondary N) is 2. The number of aromatic nitrogens is 5. The molecule has 10 nitrogen and oxygen atoms in total. The van der Waals surface area contributed by atoms with Crippen LogP contribution in [0.2, 0.25) is 10.0 Å². The fourth-order valence-electron chi connectivity index (χ4n) is 3.83. The predicted octanol–water partition coefficient (Wildman–Crippen LogP) is -1.75. The lowest BCUT2D eigenvalue weighted by Crippen LogP contribution is -2.39. The molecule has 0 saturated heterocycles. The van der Waals surface area contributed by atoms with Gasteiger partial charge in [0, 0.05) is 11.1 Å². The Balaban J connectivity index is 1.89. The van der Waals surface area contributed by atoms with Crippen molar-refractivity contribution in [2.45, 2.75) is 25.7 Å². The van der Waals surface area contributed by atoms with Gasteiger partial charge < -0.3 is 10.5 Å². The molecule has 0 spiro atoms. The molecule has 0 radical (unpaired) electrons. The second-order valence-electron chi connectivity index (χ2n) is 7.40. The van der Waals surface area contributed by atoms with E-state index in [9.17, 15) is 14.4 Å². The van der Waals surface area contributed by atoms with Crippen LogP contribution in [0.15, 0.2) is 14.4 Å². The zero-order valence-corrected chi connectivity index (χ0v) is 18.3. The van der Waals surface area contributed by atoms with Crippen LogP contribution in [0.3, 0.4) is 0 Å². The summed E-state index contributed by atoms with van der Waals surface area (Å²) in [5, 5.41) is 10.6. The molecule has 4 rings (SSSR count). The van der Waals surface area contributed by atoms with Gasteiger partial charge in [-0.05, 0) is 29.7 Å². The van der Waals surface area contributed by atoms with Gasteiger partial charge in [0.25, 0.3) is 11.1 Å². The first-order valence-electron chi connectivity index (χ1n) is 9.38. The molecule has 4 N–H and O–H groups in total. The first-order valence-corrected chi connectivity index (χ1v) is 10.1. The Morgan fingerprint density at radius 2 is 1.81 bits per heavy atom. The van der Waals surface area contributed by atoms with E-state index in [1.807, 2.05) is 6.92 Å². The Hall–Kier alpha value is -2.98. The predicted molar refractivity (Wildman–Crippen MR) is 123 cm³/mol. The molecule has 3 aromatic rings. The van der Waals surface area contributed by atoms with E-state index in [0.717, 1.165) is 11.1 Å². The number of aromatic amines is 2. The zero-order valence-electron chi connectivity index (χ0n) is 16.8. The summed E-state index contributed by atoms with van der Waals surface area (Å²) in [5.74, 6) is 0.0596. The highest BCUT2D eigenvalue weighted by Crippen LogP contribution is 2.39. The lowest BCUT2D eigenvalue weighted by atomic mass is 9.84. The summed E-state index contributed by atoms with van der Waals surface area (Å²) in [6, 6.07) is 0. The van der Waals surface area contributed by atoms with Crippen molar-refractivity contribution in [3.05, 3.63) is 52.4 Å². The molecule has 1 aliphatic carbocycles. The Labute approximate surface area is 186 Å². The van der Waals surface area contributed by atoms with Crippen LogP contribution in [-0.4, -0.2) is 40.7 Å². The summed E-state index contributed by atoms with van der Waals surface area (Å²) >= 11 is 13.1. The molecule has 2 heterocycles. The van der Waals surface area contributed by atoms with Crippen LogP contribution in [0.5, 0.6) is 11.6 Å². The largest absolute Gasteiger partial charge is 0.434 e. The summed E-state index contributed by atoms with van der Waals surface area (Å²) in [7, 11) is 3.30. The number of halogens is 2. The van der Waals surface area contributed by atoms with Crippen molar-refractivity contribution >= 4 is 55.6 Å². The second-order valence-corrected chi connectivity index (χ2v) is 8.16. The number of ether oxygens (including phenoxy) is 1. The summed E-state index contributed by atoms with van der Waals surface area (Å²) in [6.07, 6.45) is 1.45. The van der Waals surface area contributed by atoms with Crippen molar-refractivity contribution in [1.82, 2.24) is 25.0 Å². The lowest BCUT2D eigenvalue weighted by molar-refractivity contribution is 0.449. The Kier molecular flexibility index (Phi) is 5.22. The SMILES string of the molecule is Bc1c(Cl)c(Oc2n[nH]c(=O)c3c2CCC3C)c(Cl)c(B)c1-n1nc(N)c(=O)[nH]c1=O. The maximum atomic E-state index is 12.3. The highest BCUT2D eigenvalue weighted by atomic mass is 35.5. The van der Waals surface area contributed by atoms with Gasteiger partial charge >= 0.3 is 5.69 Å². The molecule has 0 bridgehead atoms. The van der Waals surface area contributed by atoms with Crippen LogP contribution < -0.4 is 38.2 Å². The number of fused-ring (bicyclic) bond motifs is 1. The normalized spacial score (nSPS) is 15.1. The number of hydrogen-bond donors (Lipinski definition) is 3. The van der Waals surface area contributed by atoms with Gasteiger partial charge in [0.1, 0.15) is 15.7 Å². The minimum atomic E-state index is -0.791. The molecular formula is C17H16B2Cl2N6O4. The summed E-state index contributed by atoms with van der Waals surface area (Å²) in [4.78, 5) is 38.1. The molecule has 0 fully saturated rings. The van der Waals surface area contributed by atoms with Crippen LogP contribution in [0, 0.1) is 0 Å². The molecular weight excluding hydrogens is 445 g/mol. The van der Waals surface area contributed by atoms with E-state index in [2.05, 4.69) is 20.3 Å². The molecule has 0 amide bonds. The number of nitrogens with zero attached hydrogens (tertiary/aromatic N) is 3. The quantitative estimate of drug-likeness (QED) is 0.392. The molecule has 14 heteroatoms. The Bertz CT molecular complexity index is 1390. The summed E-state index contributed by atoms with van der Waals surface area (Å²) < 4.78 is 6.91. The average molecular weight is 461 g/mol. The van der Waals surface area contributed by atoms with Crippen molar-refractivity contribution < 1.29 is 4.74 Å². The number of rotatable bonds is 3. The van der Waals surface area contributed by atoms with Gasteiger partial charge in [-0.1, -0.05) is 30.1 Å². The molecule has 1 aromatic carbocycles. The van der Waals surface area contributed by atoms with E-state index < -0.39 is 11.2 Å². The lowest BCUT2D eigenvalue weighted by Gasteiger charge is -2.19. The molecule has 0 saturated carbocycles. The first-order chi connectivity index (χ1) is 14.6. The second kappa shape index (κ2) is 7.61. The number of nitrogens with two attached hydrogens (primary N) is 1. The number of benzene rings is 1. The van der Waals surface area contributed by atoms with Crippen molar-refractivity contribution in [2.75, 3.05) is 5.73 Å². The fraction of sp³-hybridized carbons (Fsp3) is 0.235. The molecule has 31 heavy (non-hydrogen) atoms. The highest BCUT2D eigenvalue weighted by Gasteiger charge is 2.29. The smallest absolute Gasteiger partial charge is 0.349 e. The van der Waals surface area contributed by atoms with Crippen molar-refractivity contribution in [2.24, 2.45) is 0 Å². The van der Waals surface area contributed by atoms with Gasteiger partial charge in [-0.15, -0.1) is 10.2 Å². The van der Waals surface area contributed by atoms with Crippen molar-refractivity contribution in [1.29, 1.82) is 0 Å². The molecule has 0 aliphatic heterocycles. The van der Waals surface area contributed by atoms with Crippen molar-refractivity contribution in [3.8, 4) is 17.3 Å². The maximum Gasteiger partial charge on any atom is 0.349 e. The number of H-pyrrole nitrogens is 2. The monoisotopic (exact) mass is 460 g/mol. The van der Waals surface area contributed by atoms with E-state index in [-0.39, 0.29) is 44.7 Å². The van der Waals surface area contributed by atoms with Crippen molar-refractivity contribution in [3.63, 3.8) is 0 Å². The van der Waals surface area contributed by atoms with Gasteiger partial charge in [-0.2, -0.15) is 4.68 Å². The third-order valence-electron chi connectivity index (χ3n) is 5.44. The van der Waals surface area contributed by atoms with Gasteiger partial charge in [-0.25, -0.2) is 9.89 Å². The summed E-state index contributed by atoms with van der Waals surface area (Å²) in [5.41, 5.74) is 6.22. The molecule has 1 unspecified atom stereocenters. The third kappa shape index (κ3) is 3.35. The van der Waals surface area contributed by atoms with Gasteiger partial charge in [0.2, 0.25) is 11.7 Å². The minimum absolute atomic E-state index is 0.0875. The van der Waals surface area contributed by atoms with Gasteiger partial charge in [0.05, 0.1) is 15.7 Å². The van der Waals surface area contributed by atoms with Gasteiger partial charge in [-0.3, -0.25) is 14.6 Å². The van der Waals surface area contributed by atoms with Crippen LogP contribution in [0.25, 0.3) is 5.69 Å². The fourth-order valence-corrected chi connectivity index (χ4v) is 4.32. The Morgan fingerprint density at radius 3 is 2.45 bits per heavy atom. The Morgan fingerprint density at radius 1 is 1.16 bits per heavy atom. The third-order valence-corrected chi connectivity index (χ3v) is 6.35.